The number of hydrogen-bond acceptors (Lipinski definition) is 7. The molecule has 0 bridgehead atoms. The van der Waals surface area contributed by atoms with Crippen molar-refractivity contribution in [3.05, 3.63) is 30.5 Å². The van der Waals surface area contributed by atoms with E-state index in [1.54, 1.807) is 25.1 Å². The Morgan fingerprint density at radius 2 is 2.12 bits per heavy atom. The molecule has 2 heterocycles. The van der Waals surface area contributed by atoms with Crippen LogP contribution in [0, 0.1) is 0 Å². The molecule has 1 atom stereocenters. The Kier molecular flexibility index (Phi) is 5.90. The topological polar surface area (TPSA) is 62.7 Å². The Morgan fingerprint density at radius 3 is 2.79 bits per heavy atom. The highest BCUT2D eigenvalue weighted by atomic mass is 32.2. The van der Waals surface area contributed by atoms with Gasteiger partial charge < -0.3 is 9.47 Å². The van der Waals surface area contributed by atoms with Crippen molar-refractivity contribution in [2.45, 2.75) is 23.8 Å². The Labute approximate surface area is 145 Å². The summed E-state index contributed by atoms with van der Waals surface area (Å²) in [6.07, 6.45) is 5.40. The first-order valence-electron chi connectivity index (χ1n) is 7.76. The van der Waals surface area contributed by atoms with Gasteiger partial charge in [0.1, 0.15) is 18.4 Å². The van der Waals surface area contributed by atoms with Gasteiger partial charge in [-0.05, 0) is 31.2 Å². The van der Waals surface area contributed by atoms with Crippen LogP contribution in [-0.4, -0.2) is 42.7 Å². The molecule has 0 aliphatic carbocycles. The lowest BCUT2D eigenvalue weighted by molar-refractivity contribution is -0.347. The van der Waals surface area contributed by atoms with Crippen LogP contribution >= 0.6 is 11.8 Å². The van der Waals surface area contributed by atoms with Crippen LogP contribution in [0.3, 0.4) is 0 Å². The third kappa shape index (κ3) is 4.17. The van der Waals surface area contributed by atoms with Crippen LogP contribution in [0.5, 0.6) is 11.8 Å². The number of hydrogen-bond donors (Lipinski definition) is 0. The molecule has 0 spiro atoms. The van der Waals surface area contributed by atoms with Crippen LogP contribution < -0.4 is 9.47 Å². The van der Waals surface area contributed by atoms with Gasteiger partial charge in [-0.25, -0.2) is 19.7 Å². The number of rotatable bonds is 6. The first-order chi connectivity index (χ1) is 11.8. The lowest BCUT2D eigenvalue weighted by Gasteiger charge is -2.21. The summed E-state index contributed by atoms with van der Waals surface area (Å²) < 4.78 is 11.0. The van der Waals surface area contributed by atoms with E-state index in [1.807, 2.05) is 30.5 Å². The van der Waals surface area contributed by atoms with E-state index in [2.05, 4.69) is 9.97 Å². The minimum Gasteiger partial charge on any atom is -0.479 e. The zero-order valence-corrected chi connectivity index (χ0v) is 14.5. The Hall–Kier alpha value is -1.83. The van der Waals surface area contributed by atoms with Crippen LogP contribution in [0.2, 0.25) is 0 Å². The highest BCUT2D eigenvalue weighted by Crippen LogP contribution is 2.29. The highest BCUT2D eigenvalue weighted by molar-refractivity contribution is 7.98. The number of methoxy groups -OCH3 is 1. The van der Waals surface area contributed by atoms with Crippen molar-refractivity contribution in [1.82, 2.24) is 9.97 Å². The molecule has 1 aromatic carbocycles. The third-order valence-corrected chi connectivity index (χ3v) is 4.39. The van der Waals surface area contributed by atoms with Gasteiger partial charge >= 0.3 is 0 Å². The molecule has 1 aliphatic heterocycles. The number of aromatic nitrogens is 2. The van der Waals surface area contributed by atoms with Crippen molar-refractivity contribution in [2.24, 2.45) is 0 Å². The van der Waals surface area contributed by atoms with E-state index in [0.29, 0.717) is 30.7 Å². The molecule has 0 N–H and O–H groups in total. The molecule has 6 nitrogen and oxygen atoms in total. The smallest absolute Gasteiger partial charge is 0.240 e. The molecule has 1 unspecified atom stereocenters. The summed E-state index contributed by atoms with van der Waals surface area (Å²) in [5.41, 5.74) is 1.59. The van der Waals surface area contributed by atoms with E-state index in [-0.39, 0.29) is 6.10 Å². The predicted molar refractivity (Wildman–Crippen MR) is 91.4 cm³/mol. The zero-order valence-electron chi connectivity index (χ0n) is 13.7. The number of ether oxygens (including phenoxy) is 2. The average molecular weight is 348 g/mol. The first-order valence-corrected chi connectivity index (χ1v) is 8.99. The fourth-order valence-corrected chi connectivity index (χ4v) is 2.78. The average Bonchev–Trinajstić information content (AvgIpc) is 2.67. The molecule has 3 rings (SSSR count). The molecule has 2 aromatic rings. The van der Waals surface area contributed by atoms with Gasteiger partial charge in [-0.1, -0.05) is 12.1 Å². The maximum absolute atomic E-state index is 5.71. The molecule has 7 heteroatoms. The second-order valence-electron chi connectivity index (χ2n) is 5.29. The highest BCUT2D eigenvalue weighted by Gasteiger charge is 2.17. The molecule has 128 valence electrons. The van der Waals surface area contributed by atoms with Crippen LogP contribution in [0.4, 0.5) is 0 Å². The summed E-state index contributed by atoms with van der Waals surface area (Å²) in [7, 11) is 1.58. The van der Waals surface area contributed by atoms with E-state index in [1.165, 1.54) is 4.90 Å². The largest absolute Gasteiger partial charge is 0.479 e. The van der Waals surface area contributed by atoms with Crippen LogP contribution in [-0.2, 0) is 9.78 Å². The summed E-state index contributed by atoms with van der Waals surface area (Å²) in [5.74, 6) is 0.908. The number of benzene rings is 1. The standard InChI is InChI=1S/C17H20N2O4S/c1-20-17-16(12-5-7-14(24-2)8-6-12)19-15(10-18-17)21-11-13-4-3-9-22-23-13/h5-8,10,13H,3-4,9,11H2,1-2H3. The molecule has 1 aliphatic rings. The maximum atomic E-state index is 5.71. The number of thioether (sulfide) groups is 1. The molecule has 1 fully saturated rings. The van der Waals surface area contributed by atoms with Gasteiger partial charge in [-0.15, -0.1) is 11.8 Å². The normalized spacial score (nSPS) is 17.5. The van der Waals surface area contributed by atoms with Gasteiger partial charge in [-0.2, -0.15) is 0 Å². The Balaban J connectivity index is 1.76. The molecule has 0 amide bonds. The SMILES string of the molecule is COc1ncc(OCC2CCCOO2)nc1-c1ccc(SC)cc1. The van der Waals surface area contributed by atoms with Crippen molar-refractivity contribution in [2.75, 3.05) is 26.6 Å². The molecule has 1 saturated heterocycles. The predicted octanol–water partition coefficient (Wildman–Crippen LogP) is 3.36. The van der Waals surface area contributed by atoms with Crippen molar-refractivity contribution >= 4 is 11.8 Å². The van der Waals surface area contributed by atoms with Gasteiger partial charge in [0.25, 0.3) is 0 Å². The molecule has 1 aromatic heterocycles. The summed E-state index contributed by atoms with van der Waals surface area (Å²) in [5, 5.41) is 0. The second kappa shape index (κ2) is 8.32. The van der Waals surface area contributed by atoms with E-state index < -0.39 is 0 Å². The van der Waals surface area contributed by atoms with Crippen LogP contribution in [0.1, 0.15) is 12.8 Å². The molecule has 0 saturated carbocycles. The Morgan fingerprint density at radius 1 is 1.29 bits per heavy atom. The second-order valence-corrected chi connectivity index (χ2v) is 6.17. The summed E-state index contributed by atoms with van der Waals surface area (Å²) in [6, 6.07) is 8.09. The van der Waals surface area contributed by atoms with Crippen molar-refractivity contribution < 1.29 is 19.2 Å². The minimum absolute atomic E-state index is 0.0769. The molecular weight excluding hydrogens is 328 g/mol. The van der Waals surface area contributed by atoms with Gasteiger partial charge in [0.2, 0.25) is 11.8 Å². The van der Waals surface area contributed by atoms with Gasteiger partial charge in [0.05, 0.1) is 19.9 Å². The lowest BCUT2D eigenvalue weighted by atomic mass is 10.1. The van der Waals surface area contributed by atoms with Crippen molar-refractivity contribution in [3.8, 4) is 23.0 Å². The van der Waals surface area contributed by atoms with Crippen LogP contribution in [0.15, 0.2) is 35.4 Å². The maximum Gasteiger partial charge on any atom is 0.240 e. The van der Waals surface area contributed by atoms with Gasteiger partial charge in [0.15, 0.2) is 0 Å². The number of nitrogens with zero attached hydrogens (tertiary/aromatic N) is 2. The summed E-state index contributed by atoms with van der Waals surface area (Å²) in [4.78, 5) is 20.2. The monoisotopic (exact) mass is 348 g/mol. The van der Waals surface area contributed by atoms with Crippen molar-refractivity contribution in [1.29, 1.82) is 0 Å². The molecule has 0 radical (unpaired) electrons. The lowest BCUT2D eigenvalue weighted by Crippen LogP contribution is -2.26. The minimum atomic E-state index is -0.0769. The fraction of sp³-hybridized carbons (Fsp3) is 0.412. The van der Waals surface area contributed by atoms with E-state index >= 15 is 0 Å². The molecule has 24 heavy (non-hydrogen) atoms. The Bertz CT molecular complexity index is 660. The van der Waals surface area contributed by atoms with E-state index in [4.69, 9.17) is 19.2 Å². The van der Waals surface area contributed by atoms with Crippen LogP contribution in [0.25, 0.3) is 11.3 Å². The van der Waals surface area contributed by atoms with Gasteiger partial charge in [0, 0.05) is 10.5 Å². The quantitative estimate of drug-likeness (QED) is 0.586. The molecular formula is C17H20N2O4S. The van der Waals surface area contributed by atoms with Crippen molar-refractivity contribution in [3.63, 3.8) is 0 Å². The van der Waals surface area contributed by atoms with E-state index in [9.17, 15) is 0 Å². The summed E-state index contributed by atoms with van der Waals surface area (Å²) >= 11 is 1.69. The fourth-order valence-electron chi connectivity index (χ4n) is 2.37. The first kappa shape index (κ1) is 17.0. The van der Waals surface area contributed by atoms with Gasteiger partial charge in [-0.3, -0.25) is 0 Å². The zero-order chi connectivity index (χ0) is 16.8. The van der Waals surface area contributed by atoms with E-state index in [0.717, 1.165) is 18.4 Å². The third-order valence-electron chi connectivity index (χ3n) is 3.65. The summed E-state index contributed by atoms with van der Waals surface area (Å²) in [6.45, 7) is 1.01.